The number of sulfonamides is 1. The van der Waals surface area contributed by atoms with Crippen LogP contribution >= 0.6 is 0 Å². The van der Waals surface area contributed by atoms with Crippen molar-refractivity contribution in [3.63, 3.8) is 0 Å². The fraction of sp³-hybridized carbons (Fsp3) is 0.333. The number of piperazine rings is 1. The van der Waals surface area contributed by atoms with Crippen molar-refractivity contribution in [3.05, 3.63) is 84.1 Å². The minimum Gasteiger partial charge on any atom is -0.368 e. The molecule has 9 heteroatoms. The molecule has 0 aliphatic carbocycles. The van der Waals surface area contributed by atoms with Gasteiger partial charge >= 0.3 is 0 Å². The number of aromatic nitrogens is 1. The Morgan fingerprint density at radius 1 is 0.917 bits per heavy atom. The maximum Gasteiger partial charge on any atom is 0.246 e. The summed E-state index contributed by atoms with van der Waals surface area (Å²) in [5, 5.41) is 0. The molecule has 3 heterocycles. The van der Waals surface area contributed by atoms with E-state index in [9.17, 15) is 13.2 Å². The Morgan fingerprint density at radius 2 is 1.64 bits per heavy atom. The van der Waals surface area contributed by atoms with Crippen LogP contribution in [0.1, 0.15) is 11.1 Å². The van der Waals surface area contributed by atoms with Gasteiger partial charge in [0.15, 0.2) is 0 Å². The number of benzene rings is 2. The molecule has 2 aromatic carbocycles. The molecule has 2 aliphatic heterocycles. The van der Waals surface area contributed by atoms with Gasteiger partial charge in [-0.05, 0) is 55.3 Å². The summed E-state index contributed by atoms with van der Waals surface area (Å²) >= 11 is 0. The topological polar surface area (TPSA) is 77.1 Å². The van der Waals surface area contributed by atoms with Gasteiger partial charge in [-0.3, -0.25) is 4.79 Å². The summed E-state index contributed by atoms with van der Waals surface area (Å²) in [4.78, 5) is 24.4. The van der Waals surface area contributed by atoms with Gasteiger partial charge in [0.25, 0.3) is 0 Å². The number of rotatable bonds is 5. The molecule has 8 nitrogen and oxygen atoms in total. The monoisotopic (exact) mass is 505 g/mol. The van der Waals surface area contributed by atoms with Crippen LogP contribution in [0.5, 0.6) is 0 Å². The van der Waals surface area contributed by atoms with Crippen LogP contribution in [0.25, 0.3) is 0 Å². The third kappa shape index (κ3) is 4.68. The van der Waals surface area contributed by atoms with Crippen LogP contribution in [-0.4, -0.2) is 73.9 Å². The van der Waals surface area contributed by atoms with Crippen molar-refractivity contribution in [2.75, 3.05) is 49.2 Å². The van der Waals surface area contributed by atoms with Crippen LogP contribution < -0.4 is 9.80 Å². The maximum absolute atomic E-state index is 13.8. The average molecular weight is 506 g/mol. The van der Waals surface area contributed by atoms with E-state index in [1.165, 1.54) is 21.1 Å². The predicted octanol–water partition coefficient (Wildman–Crippen LogP) is 2.88. The molecule has 2 saturated heterocycles. The summed E-state index contributed by atoms with van der Waals surface area (Å²) in [6, 6.07) is 19.6. The third-order valence-corrected chi connectivity index (χ3v) is 8.78. The molecule has 188 valence electrons. The summed E-state index contributed by atoms with van der Waals surface area (Å²) in [5.74, 6) is 0.530. The lowest BCUT2D eigenvalue weighted by molar-refractivity contribution is -0.132. The fourth-order valence-electron chi connectivity index (χ4n) is 4.94. The van der Waals surface area contributed by atoms with E-state index >= 15 is 0 Å². The summed E-state index contributed by atoms with van der Waals surface area (Å²) in [7, 11) is -3.75. The zero-order chi connectivity index (χ0) is 25.3. The van der Waals surface area contributed by atoms with Gasteiger partial charge in [0.05, 0.1) is 11.6 Å². The second-order valence-electron chi connectivity index (χ2n) is 9.37. The quantitative estimate of drug-likeness (QED) is 0.531. The van der Waals surface area contributed by atoms with E-state index in [0.29, 0.717) is 18.9 Å². The molecule has 0 N–H and O–H groups in total. The smallest absolute Gasteiger partial charge is 0.246 e. The Hall–Kier alpha value is -3.43. The number of hydrogen-bond acceptors (Lipinski definition) is 6. The first-order valence-electron chi connectivity index (χ1n) is 12.2. The van der Waals surface area contributed by atoms with Crippen molar-refractivity contribution in [3.8, 4) is 0 Å². The first kappa shape index (κ1) is 24.3. The minimum atomic E-state index is -3.75. The van der Waals surface area contributed by atoms with Gasteiger partial charge < -0.3 is 14.7 Å². The molecule has 0 bridgehead atoms. The van der Waals surface area contributed by atoms with E-state index in [4.69, 9.17) is 0 Å². The SMILES string of the molecule is Cc1ccc(C)c(N2CCN(C(=O)C3CN(S(=O)(=O)c4ccccc4)CN3c3ccccn3)CC2)c1. The summed E-state index contributed by atoms with van der Waals surface area (Å²) in [6.45, 7) is 7.00. The van der Waals surface area contributed by atoms with Crippen molar-refractivity contribution in [2.45, 2.75) is 24.8 Å². The molecule has 2 aliphatic rings. The Kier molecular flexibility index (Phi) is 6.68. The van der Waals surface area contributed by atoms with E-state index in [0.717, 1.165) is 13.1 Å². The van der Waals surface area contributed by atoms with Gasteiger partial charge in [-0.1, -0.05) is 36.4 Å². The van der Waals surface area contributed by atoms with Crippen molar-refractivity contribution < 1.29 is 13.2 Å². The van der Waals surface area contributed by atoms with Gasteiger partial charge in [0.2, 0.25) is 15.9 Å². The molecule has 1 amide bonds. The molecule has 0 saturated carbocycles. The number of amides is 1. The lowest BCUT2D eigenvalue weighted by Crippen LogP contribution is -2.54. The molecule has 1 atom stereocenters. The number of anilines is 2. The van der Waals surface area contributed by atoms with E-state index in [2.05, 4.69) is 41.9 Å². The van der Waals surface area contributed by atoms with Crippen LogP contribution in [0, 0.1) is 13.8 Å². The first-order valence-corrected chi connectivity index (χ1v) is 13.6. The van der Waals surface area contributed by atoms with Crippen molar-refractivity contribution in [1.29, 1.82) is 0 Å². The van der Waals surface area contributed by atoms with E-state index < -0.39 is 16.1 Å². The van der Waals surface area contributed by atoms with E-state index in [-0.39, 0.29) is 24.0 Å². The molecule has 5 rings (SSSR count). The maximum atomic E-state index is 13.8. The van der Waals surface area contributed by atoms with E-state index in [1.807, 2.05) is 17.0 Å². The molecular formula is C27H31N5O3S. The molecule has 2 fully saturated rings. The minimum absolute atomic E-state index is 0.0629. The Labute approximate surface area is 212 Å². The molecule has 0 radical (unpaired) electrons. The number of hydrogen-bond donors (Lipinski definition) is 0. The molecule has 0 spiro atoms. The van der Waals surface area contributed by atoms with Gasteiger partial charge in [-0.2, -0.15) is 4.31 Å². The van der Waals surface area contributed by atoms with Gasteiger partial charge in [-0.25, -0.2) is 13.4 Å². The highest BCUT2D eigenvalue weighted by atomic mass is 32.2. The standard InChI is InChI=1S/C27H31N5O3S/c1-21-11-12-22(2)24(18-21)29-14-16-30(17-15-29)27(33)25-19-31(20-32(25)26-10-6-7-13-28-26)36(34,35)23-8-4-3-5-9-23/h3-13,18,25H,14-17,19-20H2,1-2H3. The first-order chi connectivity index (χ1) is 17.3. The van der Waals surface area contributed by atoms with Crippen LogP contribution in [-0.2, 0) is 14.8 Å². The highest BCUT2D eigenvalue weighted by Crippen LogP contribution is 2.28. The van der Waals surface area contributed by atoms with Crippen LogP contribution in [0.2, 0.25) is 0 Å². The zero-order valence-corrected chi connectivity index (χ0v) is 21.4. The number of pyridine rings is 1. The molecular weight excluding hydrogens is 474 g/mol. The highest BCUT2D eigenvalue weighted by Gasteiger charge is 2.43. The van der Waals surface area contributed by atoms with E-state index in [1.54, 1.807) is 47.5 Å². The lowest BCUT2D eigenvalue weighted by atomic mass is 10.1. The Bertz CT molecular complexity index is 1330. The number of nitrogens with zero attached hydrogens (tertiary/aromatic N) is 5. The highest BCUT2D eigenvalue weighted by molar-refractivity contribution is 7.89. The molecule has 3 aromatic rings. The molecule has 1 aromatic heterocycles. The van der Waals surface area contributed by atoms with Gasteiger partial charge in [-0.15, -0.1) is 0 Å². The predicted molar refractivity (Wildman–Crippen MR) is 140 cm³/mol. The Balaban J connectivity index is 1.35. The van der Waals surface area contributed by atoms with Gasteiger partial charge in [0, 0.05) is 44.6 Å². The fourth-order valence-corrected chi connectivity index (χ4v) is 6.35. The van der Waals surface area contributed by atoms with Crippen LogP contribution in [0.4, 0.5) is 11.5 Å². The summed E-state index contributed by atoms with van der Waals surface area (Å²) in [6.07, 6.45) is 1.66. The second kappa shape index (κ2) is 9.91. The van der Waals surface area contributed by atoms with Crippen molar-refractivity contribution in [1.82, 2.24) is 14.2 Å². The number of aryl methyl sites for hydroxylation is 2. The number of carbonyl (C=O) groups excluding carboxylic acids is 1. The summed E-state index contributed by atoms with van der Waals surface area (Å²) in [5.41, 5.74) is 3.64. The molecule has 36 heavy (non-hydrogen) atoms. The van der Waals surface area contributed by atoms with Crippen LogP contribution in [0.3, 0.4) is 0 Å². The number of carbonyl (C=O) groups is 1. The van der Waals surface area contributed by atoms with Crippen molar-refractivity contribution in [2.24, 2.45) is 0 Å². The average Bonchev–Trinajstić information content (AvgIpc) is 3.37. The normalized spacial score (nSPS) is 19.1. The second-order valence-corrected chi connectivity index (χ2v) is 11.3. The molecule has 1 unspecified atom stereocenters. The van der Waals surface area contributed by atoms with Crippen molar-refractivity contribution >= 4 is 27.4 Å². The van der Waals surface area contributed by atoms with Crippen LogP contribution in [0.15, 0.2) is 77.8 Å². The summed E-state index contributed by atoms with van der Waals surface area (Å²) < 4.78 is 28.1. The Morgan fingerprint density at radius 3 is 2.33 bits per heavy atom. The zero-order valence-electron chi connectivity index (χ0n) is 20.6. The van der Waals surface area contributed by atoms with Gasteiger partial charge in [0.1, 0.15) is 11.9 Å². The largest absolute Gasteiger partial charge is 0.368 e. The third-order valence-electron chi connectivity index (χ3n) is 6.97. The lowest BCUT2D eigenvalue weighted by Gasteiger charge is -2.38.